The van der Waals surface area contributed by atoms with Crippen LogP contribution in [0.4, 0.5) is 0 Å². The first kappa shape index (κ1) is 12.6. The molecule has 2 nitrogen and oxygen atoms in total. The van der Waals surface area contributed by atoms with Crippen LogP contribution >= 0.6 is 34.8 Å². The van der Waals surface area contributed by atoms with Crippen LogP contribution in [0, 0.1) is 0 Å². The van der Waals surface area contributed by atoms with Crippen LogP contribution in [0.3, 0.4) is 0 Å². The smallest absolute Gasteiger partial charge is 0.237 e. The van der Waals surface area contributed by atoms with Crippen LogP contribution in [-0.2, 0) is 11.3 Å². The standard InChI is InChI=1S/C10H10Cl3NO/c1-14(10(15)5-11)6-7-4-8(12)2-3-9(7)13/h2-4H,5-6H2,1H3. The van der Waals surface area contributed by atoms with E-state index in [9.17, 15) is 4.79 Å². The van der Waals surface area contributed by atoms with Gasteiger partial charge in [-0.1, -0.05) is 23.2 Å². The number of carbonyl (C=O) groups is 1. The summed E-state index contributed by atoms with van der Waals surface area (Å²) in [5, 5.41) is 1.19. The predicted octanol–water partition coefficient (Wildman–Crippen LogP) is 3.19. The van der Waals surface area contributed by atoms with Gasteiger partial charge in [-0.15, -0.1) is 11.6 Å². The van der Waals surface area contributed by atoms with E-state index in [-0.39, 0.29) is 11.8 Å². The lowest BCUT2D eigenvalue weighted by molar-refractivity contribution is -0.127. The molecule has 0 aromatic heterocycles. The molecule has 1 rings (SSSR count). The number of alkyl halides is 1. The van der Waals surface area contributed by atoms with Crippen molar-refractivity contribution in [2.75, 3.05) is 12.9 Å². The van der Waals surface area contributed by atoms with Crippen molar-refractivity contribution in [3.63, 3.8) is 0 Å². The van der Waals surface area contributed by atoms with Gasteiger partial charge >= 0.3 is 0 Å². The van der Waals surface area contributed by atoms with Crippen molar-refractivity contribution in [1.82, 2.24) is 4.90 Å². The van der Waals surface area contributed by atoms with Crippen LogP contribution in [0.5, 0.6) is 0 Å². The first-order valence-electron chi connectivity index (χ1n) is 4.28. The second-order valence-electron chi connectivity index (χ2n) is 3.12. The highest BCUT2D eigenvalue weighted by atomic mass is 35.5. The maximum absolute atomic E-state index is 11.2. The van der Waals surface area contributed by atoms with E-state index in [0.29, 0.717) is 16.6 Å². The molecule has 82 valence electrons. The average molecular weight is 267 g/mol. The molecule has 0 aliphatic rings. The first-order valence-corrected chi connectivity index (χ1v) is 5.57. The molecule has 0 atom stereocenters. The summed E-state index contributed by atoms with van der Waals surface area (Å²) in [5.41, 5.74) is 0.810. The van der Waals surface area contributed by atoms with Gasteiger partial charge in [0.2, 0.25) is 5.91 Å². The molecule has 0 unspecified atom stereocenters. The summed E-state index contributed by atoms with van der Waals surface area (Å²) in [6.07, 6.45) is 0. The van der Waals surface area contributed by atoms with Crippen molar-refractivity contribution in [3.8, 4) is 0 Å². The van der Waals surface area contributed by atoms with Gasteiger partial charge in [0.25, 0.3) is 0 Å². The van der Waals surface area contributed by atoms with Gasteiger partial charge in [-0.2, -0.15) is 0 Å². The number of amides is 1. The van der Waals surface area contributed by atoms with Gasteiger partial charge in [0.1, 0.15) is 5.88 Å². The van der Waals surface area contributed by atoms with E-state index in [1.807, 2.05) is 0 Å². The number of hydrogen-bond acceptors (Lipinski definition) is 1. The molecule has 1 aromatic rings. The van der Waals surface area contributed by atoms with Crippen LogP contribution in [0.15, 0.2) is 18.2 Å². The highest BCUT2D eigenvalue weighted by Crippen LogP contribution is 2.21. The van der Waals surface area contributed by atoms with Gasteiger partial charge in [0.15, 0.2) is 0 Å². The van der Waals surface area contributed by atoms with Gasteiger partial charge in [0, 0.05) is 23.6 Å². The molecule has 0 N–H and O–H groups in total. The fraction of sp³-hybridized carbons (Fsp3) is 0.300. The van der Waals surface area contributed by atoms with Crippen molar-refractivity contribution in [2.45, 2.75) is 6.54 Å². The van der Waals surface area contributed by atoms with Crippen molar-refractivity contribution in [1.29, 1.82) is 0 Å². The number of hydrogen-bond donors (Lipinski definition) is 0. The van der Waals surface area contributed by atoms with E-state index < -0.39 is 0 Å². The SMILES string of the molecule is CN(Cc1cc(Cl)ccc1Cl)C(=O)CCl. The maximum atomic E-state index is 11.2. The van der Waals surface area contributed by atoms with E-state index in [0.717, 1.165) is 5.56 Å². The van der Waals surface area contributed by atoms with Crippen LogP contribution in [-0.4, -0.2) is 23.7 Å². The number of benzene rings is 1. The zero-order valence-corrected chi connectivity index (χ0v) is 10.4. The highest BCUT2D eigenvalue weighted by molar-refractivity contribution is 6.33. The summed E-state index contributed by atoms with van der Waals surface area (Å²) < 4.78 is 0. The van der Waals surface area contributed by atoms with Gasteiger partial charge in [-0.05, 0) is 23.8 Å². The molecule has 0 radical (unpaired) electrons. The lowest BCUT2D eigenvalue weighted by atomic mass is 10.2. The third-order valence-corrected chi connectivity index (χ3v) is 2.79. The summed E-state index contributed by atoms with van der Waals surface area (Å²) >= 11 is 17.2. The number of halogens is 3. The van der Waals surface area contributed by atoms with E-state index in [2.05, 4.69) is 0 Å². The lowest BCUT2D eigenvalue weighted by Crippen LogP contribution is -2.27. The van der Waals surface area contributed by atoms with Crippen LogP contribution in [0.2, 0.25) is 10.0 Å². The quantitative estimate of drug-likeness (QED) is 0.770. The zero-order valence-electron chi connectivity index (χ0n) is 8.14. The summed E-state index contributed by atoms with van der Waals surface area (Å²) in [7, 11) is 1.67. The Balaban J connectivity index is 2.80. The van der Waals surface area contributed by atoms with Crippen molar-refractivity contribution < 1.29 is 4.79 Å². The average Bonchev–Trinajstić information content (AvgIpc) is 2.22. The maximum Gasteiger partial charge on any atom is 0.237 e. The molecule has 0 aliphatic heterocycles. The largest absolute Gasteiger partial charge is 0.340 e. The summed E-state index contributed by atoms with van der Waals surface area (Å²) in [4.78, 5) is 12.7. The first-order chi connectivity index (χ1) is 7.04. The van der Waals surface area contributed by atoms with Gasteiger partial charge in [-0.25, -0.2) is 0 Å². The fourth-order valence-electron chi connectivity index (χ4n) is 1.11. The highest BCUT2D eigenvalue weighted by Gasteiger charge is 2.09. The number of rotatable bonds is 3. The molecule has 0 heterocycles. The molecule has 0 aliphatic carbocycles. The number of nitrogens with zero attached hydrogens (tertiary/aromatic N) is 1. The van der Waals surface area contributed by atoms with Crippen molar-refractivity contribution in [2.24, 2.45) is 0 Å². The molecule has 0 saturated heterocycles. The molecule has 1 aromatic carbocycles. The Hall–Kier alpha value is -0.440. The topological polar surface area (TPSA) is 20.3 Å². The Labute approximate surface area is 104 Å². The van der Waals surface area contributed by atoms with Crippen LogP contribution in [0.25, 0.3) is 0 Å². The molecular formula is C10H10Cl3NO. The monoisotopic (exact) mass is 265 g/mol. The number of carbonyl (C=O) groups excluding carboxylic acids is 1. The van der Waals surface area contributed by atoms with Gasteiger partial charge < -0.3 is 4.90 Å². The third kappa shape index (κ3) is 3.56. The van der Waals surface area contributed by atoms with Crippen molar-refractivity contribution >= 4 is 40.7 Å². The molecular weight excluding hydrogens is 256 g/mol. The fourth-order valence-corrected chi connectivity index (χ4v) is 1.69. The van der Waals surface area contributed by atoms with E-state index in [1.54, 1.807) is 25.2 Å². The second-order valence-corrected chi connectivity index (χ2v) is 4.23. The minimum absolute atomic E-state index is 0.0331. The molecule has 5 heteroatoms. The van der Waals surface area contributed by atoms with Gasteiger partial charge in [-0.3, -0.25) is 4.79 Å². The van der Waals surface area contributed by atoms with Gasteiger partial charge in [0.05, 0.1) is 0 Å². The lowest BCUT2D eigenvalue weighted by Gasteiger charge is -2.16. The molecule has 0 fully saturated rings. The van der Waals surface area contributed by atoms with E-state index >= 15 is 0 Å². The van der Waals surface area contributed by atoms with E-state index in [4.69, 9.17) is 34.8 Å². The Morgan fingerprint density at radius 1 is 1.40 bits per heavy atom. The Morgan fingerprint density at radius 3 is 2.67 bits per heavy atom. The minimum atomic E-state index is -0.146. The molecule has 0 spiro atoms. The second kappa shape index (κ2) is 5.59. The Bertz CT molecular complexity index is 368. The predicted molar refractivity (Wildman–Crippen MR) is 63.7 cm³/mol. The molecule has 0 saturated carbocycles. The minimum Gasteiger partial charge on any atom is -0.340 e. The Kier molecular flexibility index (Phi) is 4.71. The third-order valence-electron chi connectivity index (χ3n) is 1.96. The van der Waals surface area contributed by atoms with Crippen LogP contribution < -0.4 is 0 Å². The Morgan fingerprint density at radius 2 is 2.07 bits per heavy atom. The summed E-state index contributed by atoms with van der Waals surface area (Å²) in [5.74, 6) is -0.179. The van der Waals surface area contributed by atoms with Crippen molar-refractivity contribution in [3.05, 3.63) is 33.8 Å². The molecule has 0 bridgehead atoms. The van der Waals surface area contributed by atoms with E-state index in [1.165, 1.54) is 4.90 Å². The van der Waals surface area contributed by atoms with Crippen LogP contribution in [0.1, 0.15) is 5.56 Å². The summed E-state index contributed by atoms with van der Waals surface area (Å²) in [6, 6.07) is 5.15. The molecule has 1 amide bonds. The summed E-state index contributed by atoms with van der Waals surface area (Å²) in [6.45, 7) is 0.408. The molecule has 15 heavy (non-hydrogen) atoms. The zero-order chi connectivity index (χ0) is 11.4. The normalized spacial score (nSPS) is 10.1.